The van der Waals surface area contributed by atoms with Gasteiger partial charge in [0, 0.05) is 24.2 Å². The Hall–Kier alpha value is -2.06. The summed E-state index contributed by atoms with van der Waals surface area (Å²) in [6.45, 7) is 26.3. The second-order valence-corrected chi connectivity index (χ2v) is 16.7. The fraction of sp³-hybridized carbons (Fsp3) is 0.655. The van der Waals surface area contributed by atoms with Gasteiger partial charge in [-0.1, -0.05) is 59.6 Å². The first-order valence-electron chi connectivity index (χ1n) is 12.9. The van der Waals surface area contributed by atoms with Crippen molar-refractivity contribution in [3.05, 3.63) is 34.4 Å². The van der Waals surface area contributed by atoms with E-state index < -0.39 is 19.9 Å². The van der Waals surface area contributed by atoms with Gasteiger partial charge in [0.15, 0.2) is 0 Å². The minimum atomic E-state index is -1.85. The van der Waals surface area contributed by atoms with Crippen molar-refractivity contribution in [3.8, 4) is 11.5 Å². The van der Waals surface area contributed by atoms with E-state index in [4.69, 9.17) is 0 Å². The van der Waals surface area contributed by atoms with Crippen LogP contribution >= 0.6 is 0 Å². The Morgan fingerprint density at radius 1 is 0.853 bits per heavy atom. The summed E-state index contributed by atoms with van der Waals surface area (Å²) in [5.41, 5.74) is 10.2. The zero-order valence-corrected chi connectivity index (χ0v) is 24.7. The molecule has 0 aliphatic rings. The van der Waals surface area contributed by atoms with E-state index in [1.807, 2.05) is 27.7 Å². The highest BCUT2D eigenvalue weighted by molar-refractivity contribution is 6.90. The fourth-order valence-electron chi connectivity index (χ4n) is 5.53. The Morgan fingerprint density at radius 2 is 1.32 bits per heavy atom. The molecule has 34 heavy (non-hydrogen) atoms. The highest BCUT2D eigenvalue weighted by atomic mass is 28.3. The van der Waals surface area contributed by atoms with E-state index in [1.165, 1.54) is 16.7 Å². The van der Waals surface area contributed by atoms with Crippen molar-refractivity contribution in [2.24, 2.45) is 0 Å². The number of nitrogens with zero attached hydrogens (tertiary/aromatic N) is 1. The van der Waals surface area contributed by atoms with Crippen molar-refractivity contribution >= 4 is 19.9 Å². The van der Waals surface area contributed by atoms with E-state index in [1.54, 1.807) is 4.90 Å². The van der Waals surface area contributed by atoms with Gasteiger partial charge in [-0.05, 0) is 81.3 Å². The Bertz CT molecular complexity index is 890. The first kappa shape index (κ1) is 30.0. The minimum Gasteiger partial charge on any atom is -0.347 e. The second kappa shape index (κ2) is 12.6. The molecule has 1 rings (SSSR count). The topological polar surface area (TPSA) is 49.4 Å². The van der Waals surface area contributed by atoms with Crippen LogP contribution in [0, 0.1) is 25.3 Å². The van der Waals surface area contributed by atoms with Gasteiger partial charge in [0.2, 0.25) is 0 Å². The zero-order valence-electron chi connectivity index (χ0n) is 23.7. The number of rotatable bonds is 8. The lowest BCUT2D eigenvalue weighted by Crippen LogP contribution is -2.49. The SMILES string of the molecule is Cc1ccc(C)c(CCNC(=O)C(=O)N(C(C)C)C(C)C)c1C#C[Si](C(C)C)(C(C)C)C(C)C. The quantitative estimate of drug-likeness (QED) is 0.272. The predicted molar refractivity (Wildman–Crippen MR) is 148 cm³/mol. The number of carbonyl (C=O) groups excluding carboxylic acids is 2. The molecule has 0 fully saturated rings. The first-order chi connectivity index (χ1) is 15.7. The summed E-state index contributed by atoms with van der Waals surface area (Å²) in [5, 5.41) is 2.85. The average Bonchev–Trinajstić information content (AvgIpc) is 2.70. The lowest BCUT2D eigenvalue weighted by molar-refractivity contribution is -0.148. The van der Waals surface area contributed by atoms with Crippen molar-refractivity contribution in [3.63, 3.8) is 0 Å². The molecule has 4 nitrogen and oxygen atoms in total. The molecule has 0 saturated heterocycles. The van der Waals surface area contributed by atoms with Crippen molar-refractivity contribution in [1.29, 1.82) is 0 Å². The molecular weight excluding hydrogens is 436 g/mol. The maximum Gasteiger partial charge on any atom is 0.312 e. The molecule has 1 aromatic rings. The largest absolute Gasteiger partial charge is 0.347 e. The molecule has 5 heteroatoms. The van der Waals surface area contributed by atoms with Crippen LogP contribution in [0.15, 0.2) is 12.1 Å². The molecule has 0 unspecified atom stereocenters. The molecule has 190 valence electrons. The van der Waals surface area contributed by atoms with Crippen LogP contribution in [0.2, 0.25) is 16.6 Å². The summed E-state index contributed by atoms with van der Waals surface area (Å²) in [5.74, 6) is 2.64. The molecule has 2 amide bonds. The summed E-state index contributed by atoms with van der Waals surface area (Å²) < 4.78 is 0. The van der Waals surface area contributed by atoms with Crippen molar-refractivity contribution in [2.45, 2.75) is 118 Å². The van der Waals surface area contributed by atoms with E-state index >= 15 is 0 Å². The standard InChI is InChI=1S/C29H48N2O2Si/c1-19(2)31(20(3)4)29(33)28(32)30-17-15-26-24(11)13-14-25(12)27(26)16-18-34(21(5)6,22(7)8)23(9)10/h13-14,19-23H,15,17H2,1-12H3,(H,30,32). The normalized spacial score (nSPS) is 11.9. The van der Waals surface area contributed by atoms with E-state index in [9.17, 15) is 9.59 Å². The van der Waals surface area contributed by atoms with Crippen molar-refractivity contribution < 1.29 is 9.59 Å². The predicted octanol–water partition coefficient (Wildman–Crippen LogP) is 6.18. The number of hydrogen-bond donors (Lipinski definition) is 1. The summed E-state index contributed by atoms with van der Waals surface area (Å²) >= 11 is 0. The monoisotopic (exact) mass is 484 g/mol. The fourth-order valence-corrected chi connectivity index (χ4v) is 10.7. The number of carbonyl (C=O) groups is 2. The van der Waals surface area contributed by atoms with Crippen molar-refractivity contribution in [1.82, 2.24) is 10.2 Å². The lowest BCUT2D eigenvalue weighted by atomic mass is 9.95. The third kappa shape index (κ3) is 6.75. The Kier molecular flexibility index (Phi) is 11.1. The third-order valence-electron chi connectivity index (χ3n) is 7.23. The molecule has 0 heterocycles. The summed E-state index contributed by atoms with van der Waals surface area (Å²) in [6, 6.07) is 4.22. The number of benzene rings is 1. The molecule has 0 radical (unpaired) electrons. The molecule has 0 aromatic heterocycles. The van der Waals surface area contributed by atoms with Gasteiger partial charge >= 0.3 is 11.8 Å². The molecular formula is C29H48N2O2Si. The zero-order chi connectivity index (χ0) is 26.4. The molecule has 0 spiro atoms. The maximum atomic E-state index is 12.7. The van der Waals surface area contributed by atoms with Crippen LogP contribution in [-0.4, -0.2) is 43.4 Å². The molecule has 1 N–H and O–H groups in total. The summed E-state index contributed by atoms with van der Waals surface area (Å²) in [6.07, 6.45) is 0.652. The van der Waals surface area contributed by atoms with Crippen LogP contribution in [0.1, 0.15) is 91.5 Å². The minimum absolute atomic E-state index is 0.0218. The molecule has 0 saturated carbocycles. The van der Waals surface area contributed by atoms with Gasteiger partial charge in [0.1, 0.15) is 8.07 Å². The van der Waals surface area contributed by atoms with Gasteiger partial charge in [0.25, 0.3) is 0 Å². The number of nitrogens with one attached hydrogen (secondary N) is 1. The smallest absolute Gasteiger partial charge is 0.312 e. The second-order valence-electron chi connectivity index (χ2n) is 11.1. The molecule has 0 aliphatic heterocycles. The summed E-state index contributed by atoms with van der Waals surface area (Å²) in [4.78, 5) is 26.9. The Labute approximate surface area is 210 Å². The average molecular weight is 485 g/mol. The number of amides is 2. The van der Waals surface area contributed by atoms with E-state index in [0.717, 1.165) is 5.56 Å². The van der Waals surface area contributed by atoms with Gasteiger partial charge in [-0.2, -0.15) is 0 Å². The number of aryl methyl sites for hydroxylation is 2. The highest BCUT2D eigenvalue weighted by Crippen LogP contribution is 2.41. The van der Waals surface area contributed by atoms with Gasteiger partial charge in [0.05, 0.1) is 0 Å². The van der Waals surface area contributed by atoms with Crippen LogP contribution in [0.25, 0.3) is 0 Å². The van der Waals surface area contributed by atoms with Crippen LogP contribution in [0.3, 0.4) is 0 Å². The maximum absolute atomic E-state index is 12.7. The molecule has 1 aromatic carbocycles. The molecule has 0 bridgehead atoms. The lowest BCUT2D eigenvalue weighted by Gasteiger charge is -2.38. The third-order valence-corrected chi connectivity index (χ3v) is 13.5. The van der Waals surface area contributed by atoms with Crippen LogP contribution in [0.4, 0.5) is 0 Å². The van der Waals surface area contributed by atoms with Crippen LogP contribution in [0.5, 0.6) is 0 Å². The van der Waals surface area contributed by atoms with Gasteiger partial charge in [-0.3, -0.25) is 9.59 Å². The summed E-state index contributed by atoms with van der Waals surface area (Å²) in [7, 11) is -1.85. The number of hydrogen-bond acceptors (Lipinski definition) is 2. The Balaban J connectivity index is 3.23. The first-order valence-corrected chi connectivity index (χ1v) is 15.1. The Morgan fingerprint density at radius 3 is 1.76 bits per heavy atom. The van der Waals surface area contributed by atoms with E-state index in [-0.39, 0.29) is 12.1 Å². The van der Waals surface area contributed by atoms with Crippen molar-refractivity contribution in [2.75, 3.05) is 6.54 Å². The van der Waals surface area contributed by atoms with Crippen LogP contribution < -0.4 is 5.32 Å². The van der Waals surface area contributed by atoms with E-state index in [0.29, 0.717) is 29.6 Å². The van der Waals surface area contributed by atoms with Crippen LogP contribution in [-0.2, 0) is 16.0 Å². The van der Waals surface area contributed by atoms with Gasteiger partial charge in [-0.25, -0.2) is 0 Å². The molecule has 0 atom stereocenters. The van der Waals surface area contributed by atoms with Gasteiger partial charge < -0.3 is 10.2 Å². The molecule has 0 aliphatic carbocycles. The van der Waals surface area contributed by atoms with Gasteiger partial charge in [-0.15, -0.1) is 5.54 Å². The van der Waals surface area contributed by atoms with E-state index in [2.05, 4.69) is 84.3 Å². The highest BCUT2D eigenvalue weighted by Gasteiger charge is 2.41.